The average Bonchev–Trinajstić information content (AvgIpc) is 3.17. The van der Waals surface area contributed by atoms with Gasteiger partial charge in [0.1, 0.15) is 21.4 Å². The summed E-state index contributed by atoms with van der Waals surface area (Å²) in [7, 11) is 0. The highest BCUT2D eigenvalue weighted by atomic mass is 32.2. The molecule has 1 N–H and O–H groups in total. The molecular formula is C19H11F3N2O3S2. The Kier molecular flexibility index (Phi) is 4.83. The quantitative estimate of drug-likeness (QED) is 0.450. The fourth-order valence-electron chi connectivity index (χ4n) is 2.87. The number of rotatable bonds is 3. The first-order valence-electron chi connectivity index (χ1n) is 8.19. The predicted octanol–water partition coefficient (Wildman–Crippen LogP) is 5.19. The number of thiocarbonyl (C=S) groups is 1. The van der Waals surface area contributed by atoms with Gasteiger partial charge in [-0.3, -0.25) is 9.78 Å². The maximum Gasteiger partial charge on any atom is 0.573 e. The van der Waals surface area contributed by atoms with Crippen LogP contribution in [0.3, 0.4) is 0 Å². The van der Waals surface area contributed by atoms with E-state index < -0.39 is 6.36 Å². The molecule has 148 valence electrons. The van der Waals surface area contributed by atoms with Gasteiger partial charge in [-0.1, -0.05) is 30.0 Å². The molecule has 0 aliphatic carbocycles. The van der Waals surface area contributed by atoms with Gasteiger partial charge in [-0.2, -0.15) is 0 Å². The minimum Gasteiger partial charge on any atom is -0.456 e. The summed E-state index contributed by atoms with van der Waals surface area (Å²) < 4.78 is 47.7. The topological polar surface area (TPSA) is 64.4 Å². The Labute approximate surface area is 171 Å². The van der Waals surface area contributed by atoms with Crippen molar-refractivity contribution in [2.45, 2.75) is 13.3 Å². The number of alkyl halides is 3. The molecule has 0 spiro atoms. The number of thioether (sulfide) groups is 1. The number of fused-ring (bicyclic) bond motifs is 1. The molecule has 3 aromatic rings. The van der Waals surface area contributed by atoms with E-state index in [-0.39, 0.29) is 11.7 Å². The van der Waals surface area contributed by atoms with Gasteiger partial charge in [-0.15, -0.1) is 13.2 Å². The summed E-state index contributed by atoms with van der Waals surface area (Å²) in [5.41, 5.74) is 2.05. The predicted molar refractivity (Wildman–Crippen MR) is 107 cm³/mol. The first kappa shape index (κ1) is 19.5. The van der Waals surface area contributed by atoms with Crippen molar-refractivity contribution in [2.75, 3.05) is 0 Å². The molecule has 0 radical (unpaired) electrons. The molecule has 4 rings (SSSR count). The van der Waals surface area contributed by atoms with Crippen LogP contribution < -0.4 is 10.1 Å². The van der Waals surface area contributed by atoms with Crippen LogP contribution in [-0.4, -0.2) is 21.6 Å². The fraction of sp³-hybridized carbons (Fsp3) is 0.105. The van der Waals surface area contributed by atoms with Crippen molar-refractivity contribution in [1.29, 1.82) is 0 Å². The van der Waals surface area contributed by atoms with Crippen molar-refractivity contribution in [1.82, 2.24) is 10.3 Å². The molecule has 1 aromatic carbocycles. The van der Waals surface area contributed by atoms with Crippen LogP contribution in [0, 0.1) is 6.92 Å². The lowest BCUT2D eigenvalue weighted by molar-refractivity contribution is -0.274. The van der Waals surface area contributed by atoms with Crippen molar-refractivity contribution >= 4 is 51.3 Å². The molecule has 0 bridgehead atoms. The zero-order valence-corrected chi connectivity index (χ0v) is 16.3. The van der Waals surface area contributed by atoms with Crippen molar-refractivity contribution < 1.29 is 27.1 Å². The van der Waals surface area contributed by atoms with Gasteiger partial charge in [-0.25, -0.2) is 0 Å². The maximum absolute atomic E-state index is 12.5. The number of pyridine rings is 1. The number of carbonyl (C=O) groups is 1. The number of halogens is 3. The molecule has 1 aliphatic heterocycles. The van der Waals surface area contributed by atoms with Gasteiger partial charge in [0.25, 0.3) is 5.91 Å². The summed E-state index contributed by atoms with van der Waals surface area (Å²) in [4.78, 5) is 16.4. The third kappa shape index (κ3) is 4.13. The number of benzene rings is 1. The molecule has 29 heavy (non-hydrogen) atoms. The van der Waals surface area contributed by atoms with Gasteiger partial charge in [0.15, 0.2) is 0 Å². The second-order valence-corrected chi connectivity index (χ2v) is 7.85. The number of nitrogens with one attached hydrogen (secondary N) is 1. The molecule has 1 amide bonds. The van der Waals surface area contributed by atoms with Crippen molar-refractivity contribution in [2.24, 2.45) is 0 Å². The van der Waals surface area contributed by atoms with Crippen LogP contribution in [-0.2, 0) is 4.79 Å². The summed E-state index contributed by atoms with van der Waals surface area (Å²) in [5.74, 6) is -0.133. The van der Waals surface area contributed by atoms with E-state index in [2.05, 4.69) is 15.0 Å². The largest absolute Gasteiger partial charge is 0.573 e. The monoisotopic (exact) mass is 436 g/mol. The van der Waals surface area contributed by atoms with E-state index in [0.717, 1.165) is 11.8 Å². The normalized spacial score (nSPS) is 15.9. The molecule has 0 atom stereocenters. The summed E-state index contributed by atoms with van der Waals surface area (Å²) >= 11 is 6.10. The highest BCUT2D eigenvalue weighted by molar-refractivity contribution is 8.26. The Bertz CT molecular complexity index is 1190. The number of ether oxygens (including phenoxy) is 1. The van der Waals surface area contributed by atoms with Gasteiger partial charge >= 0.3 is 6.36 Å². The number of amides is 1. The minimum atomic E-state index is -4.76. The zero-order valence-electron chi connectivity index (χ0n) is 14.7. The lowest BCUT2D eigenvalue weighted by atomic mass is 10.0. The summed E-state index contributed by atoms with van der Waals surface area (Å²) in [6, 6.07) is 6.05. The maximum atomic E-state index is 12.5. The third-order valence-corrected chi connectivity index (χ3v) is 5.23. The van der Waals surface area contributed by atoms with Crippen LogP contribution >= 0.6 is 24.0 Å². The van der Waals surface area contributed by atoms with Crippen molar-refractivity contribution in [3.63, 3.8) is 0 Å². The number of hydrogen-bond acceptors (Lipinski definition) is 6. The smallest absolute Gasteiger partial charge is 0.456 e. The summed E-state index contributed by atoms with van der Waals surface area (Å²) in [6.45, 7) is 1.52. The van der Waals surface area contributed by atoms with Crippen LogP contribution in [0.1, 0.15) is 11.3 Å². The fourth-order valence-corrected chi connectivity index (χ4v) is 3.89. The Morgan fingerprint density at radius 3 is 2.72 bits per heavy atom. The third-order valence-electron chi connectivity index (χ3n) is 4.07. The first-order chi connectivity index (χ1) is 13.7. The second kappa shape index (κ2) is 7.20. The second-order valence-electron chi connectivity index (χ2n) is 6.13. The van der Waals surface area contributed by atoms with E-state index >= 15 is 0 Å². The molecular weight excluding hydrogens is 425 g/mol. The van der Waals surface area contributed by atoms with Gasteiger partial charge in [0, 0.05) is 29.4 Å². The molecule has 5 nitrogen and oxygen atoms in total. The lowest BCUT2D eigenvalue weighted by Gasteiger charge is -2.12. The molecule has 10 heteroatoms. The Morgan fingerprint density at radius 1 is 1.28 bits per heavy atom. The van der Waals surface area contributed by atoms with E-state index in [1.54, 1.807) is 30.6 Å². The number of aromatic nitrogens is 1. The molecule has 1 aliphatic rings. The highest BCUT2D eigenvalue weighted by Gasteiger charge is 2.31. The number of aryl methyl sites for hydroxylation is 1. The summed E-state index contributed by atoms with van der Waals surface area (Å²) in [5, 5.41) is 3.22. The minimum absolute atomic E-state index is 0.272. The van der Waals surface area contributed by atoms with Crippen LogP contribution in [0.2, 0.25) is 0 Å². The molecule has 3 heterocycles. The van der Waals surface area contributed by atoms with Gasteiger partial charge in [-0.05, 0) is 36.2 Å². The van der Waals surface area contributed by atoms with Crippen LogP contribution in [0.15, 0.2) is 46.0 Å². The zero-order chi connectivity index (χ0) is 20.8. The van der Waals surface area contributed by atoms with E-state index in [1.165, 1.54) is 19.1 Å². The number of hydrogen-bond donors (Lipinski definition) is 1. The van der Waals surface area contributed by atoms with Crippen molar-refractivity contribution in [3.05, 3.63) is 52.9 Å². The number of furan rings is 1. The SMILES string of the molecule is Cc1cc(-c2cncc3cc(/C=C4/SC(=S)NC4=O)oc23)ccc1OC(F)(F)F. The number of carbonyl (C=O) groups excluding carboxylic acids is 1. The van der Waals surface area contributed by atoms with E-state index in [4.69, 9.17) is 16.6 Å². The molecule has 0 saturated carbocycles. The van der Waals surface area contributed by atoms with E-state index in [0.29, 0.717) is 42.6 Å². The van der Waals surface area contributed by atoms with E-state index in [9.17, 15) is 18.0 Å². The number of nitrogens with zero attached hydrogens (tertiary/aromatic N) is 1. The van der Waals surface area contributed by atoms with E-state index in [1.807, 2.05) is 0 Å². The molecule has 2 aromatic heterocycles. The Hall–Kier alpha value is -2.85. The first-order valence-corrected chi connectivity index (χ1v) is 9.41. The molecule has 1 fully saturated rings. The Balaban J connectivity index is 1.73. The van der Waals surface area contributed by atoms with Gasteiger partial charge < -0.3 is 14.5 Å². The lowest BCUT2D eigenvalue weighted by Crippen LogP contribution is -2.17. The molecule has 0 unspecified atom stereocenters. The summed E-state index contributed by atoms with van der Waals surface area (Å²) in [6.07, 6.45) is -0.0164. The van der Waals surface area contributed by atoms with Crippen molar-refractivity contribution in [3.8, 4) is 16.9 Å². The van der Waals surface area contributed by atoms with Crippen LogP contribution in [0.5, 0.6) is 5.75 Å². The Morgan fingerprint density at radius 2 is 2.07 bits per heavy atom. The average molecular weight is 436 g/mol. The van der Waals surface area contributed by atoms with Gasteiger partial charge in [0.05, 0.1) is 4.91 Å². The molecule has 1 saturated heterocycles. The van der Waals surface area contributed by atoms with Gasteiger partial charge in [0.2, 0.25) is 0 Å². The van der Waals surface area contributed by atoms with Crippen LogP contribution in [0.4, 0.5) is 13.2 Å². The highest BCUT2D eigenvalue weighted by Crippen LogP contribution is 2.35. The van der Waals surface area contributed by atoms with Crippen LogP contribution in [0.25, 0.3) is 28.2 Å². The standard InChI is InChI=1S/C19H11F3N2O3S2/c1-9-4-10(2-3-14(9)27-19(20,21)22)13-8-23-7-11-5-12(26-16(11)13)6-15-17(25)24-18(28)29-15/h2-8H,1H3,(H,24,25,28)/b15-6+.